The quantitative estimate of drug-likeness (QED) is 0.351. The highest BCUT2D eigenvalue weighted by atomic mass is 16.5. The molecule has 28 heavy (non-hydrogen) atoms. The van der Waals surface area contributed by atoms with Crippen LogP contribution >= 0.6 is 0 Å². The molecule has 2 aromatic rings. The summed E-state index contributed by atoms with van der Waals surface area (Å²) >= 11 is 0. The molecule has 0 saturated heterocycles. The van der Waals surface area contributed by atoms with Gasteiger partial charge in [-0.1, -0.05) is 24.2 Å². The maximum Gasteiger partial charge on any atom is 0.257 e. The van der Waals surface area contributed by atoms with Gasteiger partial charge in [-0.25, -0.2) is 0 Å². The first kappa shape index (κ1) is 20.3. The fourth-order valence-electron chi connectivity index (χ4n) is 2.83. The molecular formula is C21H31N5O2. The normalized spacial score (nSPS) is 14.3. The lowest BCUT2D eigenvalue weighted by molar-refractivity contribution is 0.123. The number of guanidine groups is 1. The van der Waals surface area contributed by atoms with Gasteiger partial charge < -0.3 is 19.9 Å². The Hall–Kier alpha value is -2.41. The first-order chi connectivity index (χ1) is 13.8. The molecule has 3 rings (SSSR count). The van der Waals surface area contributed by atoms with E-state index in [9.17, 15) is 0 Å². The minimum atomic E-state index is 0.569. The Labute approximate surface area is 167 Å². The average Bonchev–Trinajstić information content (AvgIpc) is 3.43. The maximum absolute atomic E-state index is 5.65. The predicted molar refractivity (Wildman–Crippen MR) is 110 cm³/mol. The monoisotopic (exact) mass is 385 g/mol. The molecule has 1 saturated carbocycles. The lowest BCUT2D eigenvalue weighted by Crippen LogP contribution is -2.37. The molecule has 0 radical (unpaired) electrons. The van der Waals surface area contributed by atoms with Crippen molar-refractivity contribution in [3.8, 4) is 11.5 Å². The summed E-state index contributed by atoms with van der Waals surface area (Å²) in [6, 6.07) is 8.12. The molecule has 1 heterocycles. The number of ether oxygens (including phenoxy) is 1. The van der Waals surface area contributed by atoms with Crippen LogP contribution in [-0.4, -0.2) is 42.9 Å². The molecule has 1 aliphatic rings. The van der Waals surface area contributed by atoms with Gasteiger partial charge in [-0.05, 0) is 49.3 Å². The number of aliphatic imine (C=N–C) groups is 1. The topological polar surface area (TPSA) is 84.6 Å². The highest BCUT2D eigenvalue weighted by molar-refractivity contribution is 5.79. The molecule has 0 unspecified atom stereocenters. The predicted octanol–water partition coefficient (Wildman–Crippen LogP) is 3.17. The molecule has 0 spiro atoms. The third-order valence-corrected chi connectivity index (χ3v) is 4.61. The lowest BCUT2D eigenvalue weighted by Gasteiger charge is -2.12. The third-order valence-electron chi connectivity index (χ3n) is 4.61. The van der Waals surface area contributed by atoms with Crippen molar-refractivity contribution in [3.63, 3.8) is 0 Å². The van der Waals surface area contributed by atoms with Crippen molar-refractivity contribution in [3.05, 3.63) is 35.7 Å². The van der Waals surface area contributed by atoms with Gasteiger partial charge >= 0.3 is 0 Å². The Kier molecular flexibility index (Phi) is 7.84. The Bertz CT molecular complexity index is 755. The van der Waals surface area contributed by atoms with E-state index in [4.69, 9.17) is 9.26 Å². The summed E-state index contributed by atoms with van der Waals surface area (Å²) in [5.41, 5.74) is 2.06. The van der Waals surface area contributed by atoms with Gasteiger partial charge in [0.1, 0.15) is 0 Å². The summed E-state index contributed by atoms with van der Waals surface area (Å²) in [5, 5.41) is 10.7. The number of rotatable bonds is 11. The molecule has 0 amide bonds. The SMILES string of the molecule is CCCc1noc(-c2cccc(CNC(=NC)NCCCOCC3CC3)c2)n1. The number of nitrogens with one attached hydrogen (secondary N) is 2. The van der Waals surface area contributed by atoms with Crippen molar-refractivity contribution in [1.29, 1.82) is 0 Å². The van der Waals surface area contributed by atoms with Crippen molar-refractivity contribution in [1.82, 2.24) is 20.8 Å². The van der Waals surface area contributed by atoms with E-state index < -0.39 is 0 Å². The van der Waals surface area contributed by atoms with Crippen molar-refractivity contribution < 1.29 is 9.26 Å². The van der Waals surface area contributed by atoms with Crippen LogP contribution in [0.3, 0.4) is 0 Å². The molecular weight excluding hydrogens is 354 g/mol. The molecule has 1 aromatic carbocycles. The summed E-state index contributed by atoms with van der Waals surface area (Å²) in [7, 11) is 1.78. The van der Waals surface area contributed by atoms with Crippen molar-refractivity contribution in [2.24, 2.45) is 10.9 Å². The van der Waals surface area contributed by atoms with Crippen LogP contribution in [0.1, 0.15) is 44.0 Å². The summed E-state index contributed by atoms with van der Waals surface area (Å²) in [4.78, 5) is 8.73. The Morgan fingerprint density at radius 1 is 1.32 bits per heavy atom. The van der Waals surface area contributed by atoms with E-state index in [0.717, 1.165) is 67.8 Å². The number of aromatic nitrogens is 2. The van der Waals surface area contributed by atoms with Crippen LogP contribution in [0.4, 0.5) is 0 Å². The Morgan fingerprint density at radius 3 is 3.00 bits per heavy atom. The second-order valence-electron chi connectivity index (χ2n) is 7.19. The second-order valence-corrected chi connectivity index (χ2v) is 7.19. The van der Waals surface area contributed by atoms with Gasteiger partial charge in [-0.15, -0.1) is 0 Å². The van der Waals surface area contributed by atoms with E-state index in [-0.39, 0.29) is 0 Å². The smallest absolute Gasteiger partial charge is 0.257 e. The van der Waals surface area contributed by atoms with Gasteiger partial charge in [-0.3, -0.25) is 4.99 Å². The van der Waals surface area contributed by atoms with Crippen LogP contribution in [0.15, 0.2) is 33.8 Å². The number of hydrogen-bond acceptors (Lipinski definition) is 5. The number of hydrogen-bond donors (Lipinski definition) is 2. The van der Waals surface area contributed by atoms with Crippen LogP contribution in [0.5, 0.6) is 0 Å². The van der Waals surface area contributed by atoms with Crippen LogP contribution in [-0.2, 0) is 17.7 Å². The van der Waals surface area contributed by atoms with E-state index >= 15 is 0 Å². The molecule has 7 heteroatoms. The zero-order valence-corrected chi connectivity index (χ0v) is 16.9. The van der Waals surface area contributed by atoms with Crippen molar-refractivity contribution >= 4 is 5.96 Å². The zero-order chi connectivity index (χ0) is 19.6. The van der Waals surface area contributed by atoms with Gasteiger partial charge in [-0.2, -0.15) is 4.98 Å². The Balaban J connectivity index is 1.42. The van der Waals surface area contributed by atoms with E-state index in [2.05, 4.69) is 44.8 Å². The Morgan fingerprint density at radius 2 is 2.21 bits per heavy atom. The number of aryl methyl sites for hydroxylation is 1. The molecule has 1 aliphatic carbocycles. The highest BCUT2D eigenvalue weighted by Gasteiger charge is 2.20. The van der Waals surface area contributed by atoms with E-state index in [1.54, 1.807) is 7.05 Å². The van der Waals surface area contributed by atoms with Crippen LogP contribution in [0, 0.1) is 5.92 Å². The second kappa shape index (κ2) is 10.8. The van der Waals surface area contributed by atoms with Gasteiger partial charge in [0.2, 0.25) is 0 Å². The lowest BCUT2D eigenvalue weighted by atomic mass is 10.1. The summed E-state index contributed by atoms with van der Waals surface area (Å²) < 4.78 is 11.0. The summed E-state index contributed by atoms with van der Waals surface area (Å²) in [6.45, 7) is 5.33. The first-order valence-electron chi connectivity index (χ1n) is 10.2. The van der Waals surface area contributed by atoms with Gasteiger partial charge in [0.15, 0.2) is 11.8 Å². The van der Waals surface area contributed by atoms with Crippen LogP contribution < -0.4 is 10.6 Å². The molecule has 1 fully saturated rings. The first-order valence-corrected chi connectivity index (χ1v) is 10.2. The fourth-order valence-corrected chi connectivity index (χ4v) is 2.83. The van der Waals surface area contributed by atoms with E-state index in [1.807, 2.05) is 12.1 Å². The van der Waals surface area contributed by atoms with Crippen molar-refractivity contribution in [2.45, 2.75) is 45.6 Å². The van der Waals surface area contributed by atoms with Gasteiger partial charge in [0, 0.05) is 45.3 Å². The molecule has 0 atom stereocenters. The summed E-state index contributed by atoms with van der Waals surface area (Å²) in [6.07, 6.45) is 5.48. The van der Waals surface area contributed by atoms with Crippen molar-refractivity contribution in [2.75, 3.05) is 26.8 Å². The highest BCUT2D eigenvalue weighted by Crippen LogP contribution is 2.28. The zero-order valence-electron chi connectivity index (χ0n) is 16.9. The molecule has 2 N–H and O–H groups in total. The summed E-state index contributed by atoms with van der Waals surface area (Å²) in [5.74, 6) is 2.94. The molecule has 0 aliphatic heterocycles. The van der Waals surface area contributed by atoms with E-state index in [0.29, 0.717) is 12.4 Å². The molecule has 0 bridgehead atoms. The largest absolute Gasteiger partial charge is 0.381 e. The molecule has 7 nitrogen and oxygen atoms in total. The number of nitrogens with zero attached hydrogens (tertiary/aromatic N) is 3. The average molecular weight is 386 g/mol. The minimum Gasteiger partial charge on any atom is -0.381 e. The minimum absolute atomic E-state index is 0.569. The van der Waals surface area contributed by atoms with Gasteiger partial charge in [0.25, 0.3) is 5.89 Å². The standard InChI is InChI=1S/C21H31N5O2/c1-3-6-19-25-20(28-26-19)18-8-4-7-17(13-18)14-24-21(22-2)23-11-5-12-27-15-16-9-10-16/h4,7-8,13,16H,3,5-6,9-12,14-15H2,1-2H3,(H2,22,23,24). The van der Waals surface area contributed by atoms with Crippen LogP contribution in [0.2, 0.25) is 0 Å². The maximum atomic E-state index is 5.65. The number of benzene rings is 1. The van der Waals surface area contributed by atoms with Crippen LogP contribution in [0.25, 0.3) is 11.5 Å². The van der Waals surface area contributed by atoms with Gasteiger partial charge in [0.05, 0.1) is 0 Å². The molecule has 1 aromatic heterocycles. The third kappa shape index (κ3) is 6.64. The molecule has 152 valence electrons. The fraction of sp³-hybridized carbons (Fsp3) is 0.571. The van der Waals surface area contributed by atoms with E-state index in [1.165, 1.54) is 12.8 Å².